The fourth-order valence-electron chi connectivity index (χ4n) is 2.21. The van der Waals surface area contributed by atoms with Crippen LogP contribution in [-0.2, 0) is 9.59 Å². The zero-order valence-corrected chi connectivity index (χ0v) is 12.7. The van der Waals surface area contributed by atoms with Crippen molar-refractivity contribution in [2.75, 3.05) is 0 Å². The van der Waals surface area contributed by atoms with Gasteiger partial charge in [-0.3, -0.25) is 14.6 Å². The van der Waals surface area contributed by atoms with E-state index in [-0.39, 0.29) is 23.7 Å². The maximum atomic E-state index is 12.2. The third kappa shape index (κ3) is 5.94. The minimum atomic E-state index is -0.337. The number of unbranched alkanes of at least 4 members (excludes halogenated alkanes) is 1. The number of nitrogens with zero attached hydrogens (tertiary/aromatic N) is 1. The number of nitrogens with two attached hydrogens (primary N) is 1. The maximum Gasteiger partial charge on any atom is 0.314 e. The fourth-order valence-corrected chi connectivity index (χ4v) is 2.21. The van der Waals surface area contributed by atoms with E-state index in [9.17, 15) is 9.59 Å². The number of amides is 1. The van der Waals surface area contributed by atoms with Crippen LogP contribution in [0.5, 0.6) is 5.75 Å². The Balaban J connectivity index is 2.63. The molecule has 0 saturated heterocycles. The zero-order chi connectivity index (χ0) is 15.7. The summed E-state index contributed by atoms with van der Waals surface area (Å²) in [6.45, 7) is 3.97. The molecule has 0 aromatic carbocycles. The average molecular weight is 292 g/mol. The van der Waals surface area contributed by atoms with Crippen molar-refractivity contribution < 1.29 is 14.3 Å². The third-order valence-corrected chi connectivity index (χ3v) is 3.56. The lowest BCUT2D eigenvalue weighted by atomic mass is 9.88. The summed E-state index contributed by atoms with van der Waals surface area (Å²) in [4.78, 5) is 27.6. The van der Waals surface area contributed by atoms with E-state index >= 15 is 0 Å². The molecule has 0 saturated carbocycles. The molecule has 0 aliphatic rings. The van der Waals surface area contributed by atoms with Crippen LogP contribution >= 0.6 is 0 Å². The molecule has 0 bridgehead atoms. The van der Waals surface area contributed by atoms with Crippen LogP contribution in [0, 0.1) is 11.8 Å². The normalized spacial score (nSPS) is 13.4. The zero-order valence-electron chi connectivity index (χ0n) is 12.7. The van der Waals surface area contributed by atoms with Crippen LogP contribution in [0.4, 0.5) is 0 Å². The van der Waals surface area contributed by atoms with Gasteiger partial charge in [-0.2, -0.15) is 0 Å². The average Bonchev–Trinajstić information content (AvgIpc) is 2.48. The van der Waals surface area contributed by atoms with Gasteiger partial charge in [0.1, 0.15) is 5.75 Å². The van der Waals surface area contributed by atoms with E-state index in [1.54, 1.807) is 18.3 Å². The molecule has 2 unspecified atom stereocenters. The molecule has 1 aromatic rings. The molecule has 0 aliphatic heterocycles. The van der Waals surface area contributed by atoms with E-state index in [0.29, 0.717) is 18.6 Å². The first-order valence-corrected chi connectivity index (χ1v) is 7.49. The standard InChI is InChI=1S/C16H24N2O3/c1-3-5-7-13(15(17)19)10-12(4-2)16(20)21-14-8-6-9-18-11-14/h6,8-9,11-13H,3-5,7,10H2,1-2H3,(H2,17,19). The molecule has 1 aromatic heterocycles. The van der Waals surface area contributed by atoms with Gasteiger partial charge < -0.3 is 10.5 Å². The fraction of sp³-hybridized carbons (Fsp3) is 0.562. The largest absolute Gasteiger partial charge is 0.425 e. The summed E-state index contributed by atoms with van der Waals surface area (Å²) in [5, 5.41) is 0. The number of primary amides is 1. The molecule has 21 heavy (non-hydrogen) atoms. The van der Waals surface area contributed by atoms with Crippen LogP contribution in [0.15, 0.2) is 24.5 Å². The Morgan fingerprint density at radius 1 is 1.33 bits per heavy atom. The molecule has 5 nitrogen and oxygen atoms in total. The van der Waals surface area contributed by atoms with Crippen molar-refractivity contribution in [3.8, 4) is 5.75 Å². The van der Waals surface area contributed by atoms with Crippen LogP contribution in [0.3, 0.4) is 0 Å². The molecule has 5 heteroatoms. The number of hydrogen-bond acceptors (Lipinski definition) is 4. The highest BCUT2D eigenvalue weighted by molar-refractivity contribution is 5.79. The lowest BCUT2D eigenvalue weighted by Crippen LogP contribution is -2.29. The molecular formula is C16H24N2O3. The van der Waals surface area contributed by atoms with Crippen molar-refractivity contribution in [2.24, 2.45) is 17.6 Å². The number of pyridine rings is 1. The van der Waals surface area contributed by atoms with E-state index < -0.39 is 0 Å². The number of esters is 1. The quantitative estimate of drug-likeness (QED) is 0.709. The number of carbonyl (C=O) groups excluding carboxylic acids is 2. The van der Waals surface area contributed by atoms with Gasteiger partial charge in [-0.1, -0.05) is 26.7 Å². The van der Waals surface area contributed by atoms with Crippen LogP contribution in [-0.4, -0.2) is 16.9 Å². The van der Waals surface area contributed by atoms with Crippen molar-refractivity contribution in [2.45, 2.75) is 46.0 Å². The molecule has 0 fully saturated rings. The molecule has 116 valence electrons. The van der Waals surface area contributed by atoms with Crippen LogP contribution in [0.1, 0.15) is 46.0 Å². The Morgan fingerprint density at radius 2 is 2.10 bits per heavy atom. The third-order valence-electron chi connectivity index (χ3n) is 3.56. The van der Waals surface area contributed by atoms with Gasteiger partial charge in [0.25, 0.3) is 0 Å². The predicted octanol–water partition coefficient (Wildman–Crippen LogP) is 2.70. The van der Waals surface area contributed by atoms with Gasteiger partial charge in [0, 0.05) is 12.1 Å². The second-order valence-corrected chi connectivity index (χ2v) is 5.19. The lowest BCUT2D eigenvalue weighted by molar-refractivity contribution is -0.140. The van der Waals surface area contributed by atoms with E-state index in [4.69, 9.17) is 10.5 Å². The van der Waals surface area contributed by atoms with Crippen LogP contribution in [0.2, 0.25) is 0 Å². The van der Waals surface area contributed by atoms with Crippen molar-refractivity contribution in [3.05, 3.63) is 24.5 Å². The molecule has 1 heterocycles. The first kappa shape index (κ1) is 17.1. The Kier molecular flexibility index (Phi) is 7.43. The first-order chi connectivity index (χ1) is 10.1. The van der Waals surface area contributed by atoms with Gasteiger partial charge in [0.15, 0.2) is 0 Å². The Labute approximate surface area is 125 Å². The van der Waals surface area contributed by atoms with Gasteiger partial charge in [-0.15, -0.1) is 0 Å². The second kappa shape index (κ2) is 9.10. The van der Waals surface area contributed by atoms with Crippen molar-refractivity contribution in [1.29, 1.82) is 0 Å². The summed E-state index contributed by atoms with van der Waals surface area (Å²) in [6, 6.07) is 3.39. The number of hydrogen-bond donors (Lipinski definition) is 1. The van der Waals surface area contributed by atoms with Crippen LogP contribution < -0.4 is 10.5 Å². The van der Waals surface area contributed by atoms with Gasteiger partial charge in [0.05, 0.1) is 12.1 Å². The summed E-state index contributed by atoms with van der Waals surface area (Å²) >= 11 is 0. The summed E-state index contributed by atoms with van der Waals surface area (Å²) in [7, 11) is 0. The van der Waals surface area contributed by atoms with Crippen molar-refractivity contribution >= 4 is 11.9 Å². The van der Waals surface area contributed by atoms with Crippen molar-refractivity contribution in [3.63, 3.8) is 0 Å². The molecular weight excluding hydrogens is 268 g/mol. The lowest BCUT2D eigenvalue weighted by Gasteiger charge is -2.19. The number of carbonyl (C=O) groups is 2. The SMILES string of the molecule is CCCCC(CC(CC)C(=O)Oc1cccnc1)C(N)=O. The van der Waals surface area contributed by atoms with Gasteiger partial charge in [-0.05, 0) is 31.4 Å². The van der Waals surface area contributed by atoms with Gasteiger partial charge >= 0.3 is 5.97 Å². The molecule has 1 amide bonds. The second-order valence-electron chi connectivity index (χ2n) is 5.19. The Bertz CT molecular complexity index is 448. The van der Waals surface area contributed by atoms with E-state index in [0.717, 1.165) is 19.3 Å². The highest BCUT2D eigenvalue weighted by Gasteiger charge is 2.26. The predicted molar refractivity (Wildman–Crippen MR) is 80.5 cm³/mol. The topological polar surface area (TPSA) is 82.3 Å². The van der Waals surface area contributed by atoms with E-state index in [1.807, 2.05) is 6.92 Å². The van der Waals surface area contributed by atoms with E-state index in [2.05, 4.69) is 11.9 Å². The molecule has 2 atom stereocenters. The summed E-state index contributed by atoms with van der Waals surface area (Å²) in [5.74, 6) is -0.828. The highest BCUT2D eigenvalue weighted by Crippen LogP contribution is 2.22. The van der Waals surface area contributed by atoms with Gasteiger partial charge in [0.2, 0.25) is 5.91 Å². The maximum absolute atomic E-state index is 12.2. The smallest absolute Gasteiger partial charge is 0.314 e. The van der Waals surface area contributed by atoms with E-state index in [1.165, 1.54) is 6.20 Å². The highest BCUT2D eigenvalue weighted by atomic mass is 16.5. The van der Waals surface area contributed by atoms with Crippen molar-refractivity contribution in [1.82, 2.24) is 4.98 Å². The minimum Gasteiger partial charge on any atom is -0.425 e. The monoisotopic (exact) mass is 292 g/mol. The Hall–Kier alpha value is -1.91. The first-order valence-electron chi connectivity index (χ1n) is 7.49. The molecule has 0 radical (unpaired) electrons. The molecule has 0 spiro atoms. The Morgan fingerprint density at radius 3 is 2.62 bits per heavy atom. The molecule has 2 N–H and O–H groups in total. The number of aromatic nitrogens is 1. The molecule has 1 rings (SSSR count). The molecule has 0 aliphatic carbocycles. The van der Waals surface area contributed by atoms with Gasteiger partial charge in [-0.25, -0.2) is 0 Å². The summed E-state index contributed by atoms with van der Waals surface area (Å²) < 4.78 is 5.30. The summed E-state index contributed by atoms with van der Waals surface area (Å²) in [5.41, 5.74) is 5.43. The van der Waals surface area contributed by atoms with Crippen LogP contribution in [0.25, 0.3) is 0 Å². The summed E-state index contributed by atoms with van der Waals surface area (Å²) in [6.07, 6.45) is 6.83. The minimum absolute atomic E-state index is 0.267. The number of rotatable bonds is 9. The number of ether oxygens (including phenoxy) is 1.